The topological polar surface area (TPSA) is 60.7 Å². The molecule has 0 aliphatic heterocycles. The highest BCUT2D eigenvalue weighted by atomic mass is 19.4. The summed E-state index contributed by atoms with van der Waals surface area (Å²) in [5, 5.41) is 26.9. The average molecular weight is 200 g/mol. The lowest BCUT2D eigenvalue weighted by atomic mass is 9.82. The van der Waals surface area contributed by atoms with E-state index in [2.05, 4.69) is 0 Å². The molecule has 0 aromatic carbocycles. The second-order valence-electron chi connectivity index (χ2n) is 3.33. The van der Waals surface area contributed by atoms with Crippen LogP contribution in [0.3, 0.4) is 0 Å². The van der Waals surface area contributed by atoms with Gasteiger partial charge >= 0.3 is 6.18 Å². The third-order valence-electron chi connectivity index (χ3n) is 2.27. The Morgan fingerprint density at radius 1 is 1.00 bits per heavy atom. The van der Waals surface area contributed by atoms with Crippen LogP contribution in [0.1, 0.15) is 12.8 Å². The zero-order valence-electron chi connectivity index (χ0n) is 6.70. The maximum Gasteiger partial charge on any atom is 0.394 e. The molecular weight excluding hydrogens is 189 g/mol. The first-order valence-corrected chi connectivity index (χ1v) is 3.93. The third-order valence-corrected chi connectivity index (χ3v) is 2.27. The van der Waals surface area contributed by atoms with E-state index in [1.165, 1.54) is 0 Å². The van der Waals surface area contributed by atoms with Crippen molar-refractivity contribution in [3.05, 3.63) is 0 Å². The Balaban J connectivity index is 2.72. The number of rotatable bonds is 0. The monoisotopic (exact) mass is 200 g/mol. The fourth-order valence-electron chi connectivity index (χ4n) is 1.54. The van der Waals surface area contributed by atoms with Crippen LogP contribution >= 0.6 is 0 Å². The highest BCUT2D eigenvalue weighted by Gasteiger charge is 2.50. The number of hydrogen-bond donors (Lipinski definition) is 3. The van der Waals surface area contributed by atoms with Crippen molar-refractivity contribution in [1.29, 1.82) is 0 Å². The molecule has 1 rings (SSSR count). The molecule has 0 radical (unpaired) electrons. The Kier molecular flexibility index (Phi) is 2.84. The Hall–Kier alpha value is -0.330. The average Bonchev–Trinajstić information content (AvgIpc) is 1.94. The Bertz CT molecular complexity index is 182. The van der Waals surface area contributed by atoms with Gasteiger partial charge in [-0.25, -0.2) is 0 Å². The van der Waals surface area contributed by atoms with E-state index in [-0.39, 0.29) is 6.42 Å². The van der Waals surface area contributed by atoms with Crippen molar-refractivity contribution < 1.29 is 28.5 Å². The minimum atomic E-state index is -4.57. The lowest BCUT2D eigenvalue weighted by Gasteiger charge is -2.35. The molecule has 0 heterocycles. The summed E-state index contributed by atoms with van der Waals surface area (Å²) in [5.74, 6) is -2.02. The number of hydrogen-bond acceptors (Lipinski definition) is 3. The lowest BCUT2D eigenvalue weighted by molar-refractivity contribution is -0.233. The van der Waals surface area contributed by atoms with Crippen LogP contribution < -0.4 is 0 Å². The van der Waals surface area contributed by atoms with E-state index in [1.807, 2.05) is 0 Å². The molecule has 0 aromatic heterocycles. The number of aliphatic hydroxyl groups is 3. The smallest absolute Gasteiger partial charge is 0.393 e. The molecule has 0 bridgehead atoms. The molecule has 0 amide bonds. The van der Waals surface area contributed by atoms with Gasteiger partial charge in [0.15, 0.2) is 0 Å². The lowest BCUT2D eigenvalue weighted by Crippen LogP contribution is -2.48. The van der Waals surface area contributed by atoms with Gasteiger partial charge in [0.2, 0.25) is 0 Å². The number of halogens is 3. The molecule has 78 valence electrons. The molecular formula is C7H11F3O3. The van der Waals surface area contributed by atoms with Crippen LogP contribution in [-0.2, 0) is 0 Å². The summed E-state index contributed by atoms with van der Waals surface area (Å²) >= 11 is 0. The molecule has 0 saturated heterocycles. The Morgan fingerprint density at radius 2 is 1.54 bits per heavy atom. The predicted molar refractivity (Wildman–Crippen MR) is 36.8 cm³/mol. The van der Waals surface area contributed by atoms with E-state index in [0.717, 1.165) is 0 Å². The molecule has 3 N–H and O–H groups in total. The van der Waals surface area contributed by atoms with Crippen LogP contribution in [0, 0.1) is 5.92 Å². The van der Waals surface area contributed by atoms with Crippen LogP contribution in [0.15, 0.2) is 0 Å². The van der Waals surface area contributed by atoms with E-state index < -0.39 is 36.8 Å². The van der Waals surface area contributed by atoms with Gasteiger partial charge in [0.05, 0.1) is 24.2 Å². The molecule has 3 nitrogen and oxygen atoms in total. The van der Waals surface area contributed by atoms with Crippen molar-refractivity contribution >= 4 is 0 Å². The van der Waals surface area contributed by atoms with Gasteiger partial charge in [-0.15, -0.1) is 0 Å². The van der Waals surface area contributed by atoms with E-state index >= 15 is 0 Å². The van der Waals surface area contributed by atoms with E-state index in [1.54, 1.807) is 0 Å². The van der Waals surface area contributed by atoms with Gasteiger partial charge in [-0.3, -0.25) is 0 Å². The number of alkyl halides is 3. The molecule has 0 spiro atoms. The van der Waals surface area contributed by atoms with Crippen molar-refractivity contribution in [3.8, 4) is 0 Å². The molecule has 1 aliphatic rings. The Morgan fingerprint density at radius 3 is 2.00 bits per heavy atom. The predicted octanol–water partition coefficient (Wildman–Crippen LogP) is 0.0414. The van der Waals surface area contributed by atoms with Crippen LogP contribution in [0.5, 0.6) is 0 Å². The van der Waals surface area contributed by atoms with Crippen molar-refractivity contribution in [2.75, 3.05) is 0 Å². The van der Waals surface area contributed by atoms with Gasteiger partial charge in [0.1, 0.15) is 0 Å². The minimum Gasteiger partial charge on any atom is -0.393 e. The van der Waals surface area contributed by atoms with Gasteiger partial charge in [-0.05, 0) is 6.42 Å². The summed E-state index contributed by atoms with van der Waals surface area (Å²) in [6.45, 7) is 0. The van der Waals surface area contributed by atoms with Crippen LogP contribution in [-0.4, -0.2) is 39.8 Å². The highest BCUT2D eigenvalue weighted by molar-refractivity contribution is 4.89. The van der Waals surface area contributed by atoms with Crippen molar-refractivity contribution in [3.63, 3.8) is 0 Å². The van der Waals surface area contributed by atoms with Gasteiger partial charge in [-0.1, -0.05) is 0 Å². The quantitative estimate of drug-likeness (QED) is 0.517. The third kappa shape index (κ3) is 2.32. The normalized spacial score (nSPS) is 42.0. The molecule has 0 aromatic rings. The minimum absolute atomic E-state index is 0.201. The second kappa shape index (κ2) is 3.43. The van der Waals surface area contributed by atoms with Crippen LogP contribution in [0.25, 0.3) is 0 Å². The van der Waals surface area contributed by atoms with Gasteiger partial charge < -0.3 is 15.3 Å². The zero-order chi connectivity index (χ0) is 10.2. The molecule has 4 atom stereocenters. The first-order valence-electron chi connectivity index (χ1n) is 3.93. The van der Waals surface area contributed by atoms with Crippen LogP contribution in [0.2, 0.25) is 0 Å². The summed E-state index contributed by atoms with van der Waals surface area (Å²) in [5.41, 5.74) is 0. The first kappa shape index (κ1) is 10.7. The molecule has 1 aliphatic carbocycles. The zero-order valence-corrected chi connectivity index (χ0v) is 6.70. The SMILES string of the molecule is O[C@H]1C[C@@H](C(F)(F)F)[C@@H](O)[C@@H](O)C1. The molecule has 1 fully saturated rings. The summed E-state index contributed by atoms with van der Waals surface area (Å²) in [6.07, 6.45) is -9.80. The summed E-state index contributed by atoms with van der Waals surface area (Å²) in [7, 11) is 0. The second-order valence-corrected chi connectivity index (χ2v) is 3.33. The highest BCUT2D eigenvalue weighted by Crippen LogP contribution is 2.37. The van der Waals surface area contributed by atoms with Crippen molar-refractivity contribution in [2.24, 2.45) is 5.92 Å². The molecule has 6 heteroatoms. The largest absolute Gasteiger partial charge is 0.394 e. The fourth-order valence-corrected chi connectivity index (χ4v) is 1.54. The first-order chi connectivity index (χ1) is 5.82. The van der Waals surface area contributed by atoms with E-state index in [9.17, 15) is 13.2 Å². The molecule has 13 heavy (non-hydrogen) atoms. The van der Waals surface area contributed by atoms with Gasteiger partial charge in [-0.2, -0.15) is 13.2 Å². The van der Waals surface area contributed by atoms with Crippen LogP contribution in [0.4, 0.5) is 13.2 Å². The number of aliphatic hydroxyl groups excluding tert-OH is 3. The fraction of sp³-hybridized carbons (Fsp3) is 1.00. The Labute approximate surface area is 72.8 Å². The molecule has 1 saturated carbocycles. The summed E-state index contributed by atoms with van der Waals surface area (Å²) in [6, 6.07) is 0. The van der Waals surface area contributed by atoms with E-state index in [4.69, 9.17) is 15.3 Å². The maximum atomic E-state index is 12.2. The van der Waals surface area contributed by atoms with Gasteiger partial charge in [0.25, 0.3) is 0 Å². The summed E-state index contributed by atoms with van der Waals surface area (Å²) < 4.78 is 36.5. The van der Waals surface area contributed by atoms with E-state index in [0.29, 0.717) is 0 Å². The maximum absolute atomic E-state index is 12.2. The van der Waals surface area contributed by atoms with Crippen molar-refractivity contribution in [2.45, 2.75) is 37.3 Å². The molecule has 0 unspecified atom stereocenters. The standard InChI is InChI=1S/C7H11F3O3/c8-7(9,10)4-1-3(11)2-5(12)6(4)13/h3-6,11-13H,1-2H2/t3-,4+,5-,6+/m0/s1. The van der Waals surface area contributed by atoms with Gasteiger partial charge in [0, 0.05) is 6.42 Å². The van der Waals surface area contributed by atoms with Crippen molar-refractivity contribution in [1.82, 2.24) is 0 Å². The summed E-state index contributed by atoms with van der Waals surface area (Å²) in [4.78, 5) is 0.